The molecule has 0 spiro atoms. The zero-order valence-electron chi connectivity index (χ0n) is 16.7. The van der Waals surface area contributed by atoms with Gasteiger partial charge >= 0.3 is 0 Å². The SMILES string of the molecule is CC(O)(O)C(=O)[C@@]1(O)C(=O)C(F)=C2C3=CCC4CCCC[C@]4(C)[C@H]3CC[C@@]21C. The van der Waals surface area contributed by atoms with Gasteiger partial charge in [0.15, 0.2) is 5.83 Å². The minimum absolute atomic E-state index is 0.0210. The van der Waals surface area contributed by atoms with Crippen LogP contribution < -0.4 is 0 Å². The summed E-state index contributed by atoms with van der Waals surface area (Å²) in [5, 5.41) is 30.7. The molecule has 6 heteroatoms. The molecule has 4 rings (SSSR count). The summed E-state index contributed by atoms with van der Waals surface area (Å²) in [6, 6.07) is 0. The van der Waals surface area contributed by atoms with E-state index in [9.17, 15) is 24.9 Å². The monoisotopic (exact) mass is 392 g/mol. The average molecular weight is 392 g/mol. The third-order valence-corrected chi connectivity index (χ3v) is 8.32. The van der Waals surface area contributed by atoms with Crippen molar-refractivity contribution in [3.05, 3.63) is 23.0 Å². The predicted molar refractivity (Wildman–Crippen MR) is 99.5 cm³/mol. The molecule has 154 valence electrons. The topological polar surface area (TPSA) is 94.8 Å². The van der Waals surface area contributed by atoms with Crippen LogP contribution in [0.25, 0.3) is 0 Å². The largest absolute Gasteiger partial charge is 0.373 e. The van der Waals surface area contributed by atoms with E-state index in [2.05, 4.69) is 6.92 Å². The van der Waals surface area contributed by atoms with Crippen molar-refractivity contribution in [1.29, 1.82) is 0 Å². The van der Waals surface area contributed by atoms with Gasteiger partial charge in [-0.15, -0.1) is 0 Å². The summed E-state index contributed by atoms with van der Waals surface area (Å²) >= 11 is 0. The molecule has 5 atom stereocenters. The van der Waals surface area contributed by atoms with Gasteiger partial charge in [-0.05, 0) is 61.9 Å². The Bertz CT molecular complexity index is 821. The fraction of sp³-hybridized carbons (Fsp3) is 0.727. The lowest BCUT2D eigenvalue weighted by molar-refractivity contribution is -0.202. The second-order valence-electron chi connectivity index (χ2n) is 9.85. The first kappa shape index (κ1) is 19.9. The molecule has 3 N–H and O–H groups in total. The highest BCUT2D eigenvalue weighted by Gasteiger charge is 2.71. The van der Waals surface area contributed by atoms with Crippen molar-refractivity contribution < 1.29 is 29.3 Å². The molecule has 0 radical (unpaired) electrons. The number of carbonyl (C=O) groups excluding carboxylic acids is 2. The molecule has 0 heterocycles. The highest BCUT2D eigenvalue weighted by Crippen LogP contribution is 2.66. The molecule has 0 bridgehead atoms. The van der Waals surface area contributed by atoms with Gasteiger partial charge in [-0.3, -0.25) is 9.59 Å². The Morgan fingerprint density at radius 1 is 1.21 bits per heavy atom. The average Bonchev–Trinajstić information content (AvgIpc) is 2.78. The number of ketones is 2. The molecule has 0 aromatic heterocycles. The van der Waals surface area contributed by atoms with Gasteiger partial charge < -0.3 is 15.3 Å². The van der Waals surface area contributed by atoms with Gasteiger partial charge in [-0.25, -0.2) is 4.39 Å². The number of carbonyl (C=O) groups is 2. The third-order valence-electron chi connectivity index (χ3n) is 8.32. The molecule has 5 nitrogen and oxygen atoms in total. The van der Waals surface area contributed by atoms with Gasteiger partial charge in [0.25, 0.3) is 0 Å². The van der Waals surface area contributed by atoms with E-state index in [1.54, 1.807) is 0 Å². The Balaban J connectivity index is 1.84. The van der Waals surface area contributed by atoms with Crippen molar-refractivity contribution in [2.24, 2.45) is 22.7 Å². The lowest BCUT2D eigenvalue weighted by Gasteiger charge is -2.55. The molecule has 4 aliphatic rings. The van der Waals surface area contributed by atoms with E-state index in [0.717, 1.165) is 38.2 Å². The number of allylic oxidation sites excluding steroid dienone is 2. The molecule has 4 aliphatic carbocycles. The van der Waals surface area contributed by atoms with Gasteiger partial charge in [-0.1, -0.05) is 32.8 Å². The van der Waals surface area contributed by atoms with Crippen LogP contribution in [0.1, 0.15) is 65.7 Å². The van der Waals surface area contributed by atoms with Gasteiger partial charge in [0.2, 0.25) is 23.0 Å². The summed E-state index contributed by atoms with van der Waals surface area (Å²) in [6.45, 7) is 4.55. The quantitative estimate of drug-likeness (QED) is 0.496. The van der Waals surface area contributed by atoms with E-state index in [1.165, 1.54) is 13.3 Å². The molecule has 2 saturated carbocycles. The lowest BCUT2D eigenvalue weighted by Crippen LogP contribution is -2.63. The highest BCUT2D eigenvalue weighted by atomic mass is 19.1. The van der Waals surface area contributed by atoms with Crippen LogP contribution in [0.2, 0.25) is 0 Å². The summed E-state index contributed by atoms with van der Waals surface area (Å²) < 4.78 is 15.3. The van der Waals surface area contributed by atoms with E-state index in [-0.39, 0.29) is 23.3 Å². The van der Waals surface area contributed by atoms with Crippen molar-refractivity contribution in [2.75, 3.05) is 0 Å². The van der Waals surface area contributed by atoms with Crippen LogP contribution in [0.4, 0.5) is 4.39 Å². The van der Waals surface area contributed by atoms with Gasteiger partial charge in [0.1, 0.15) is 0 Å². The van der Waals surface area contributed by atoms with Crippen LogP contribution in [0.15, 0.2) is 23.0 Å². The van der Waals surface area contributed by atoms with Crippen LogP contribution in [0, 0.1) is 22.7 Å². The number of fused-ring (bicyclic) bond motifs is 5. The third kappa shape index (κ3) is 2.22. The van der Waals surface area contributed by atoms with E-state index in [4.69, 9.17) is 0 Å². The minimum atomic E-state index is -2.93. The van der Waals surface area contributed by atoms with E-state index in [1.807, 2.05) is 6.08 Å². The highest BCUT2D eigenvalue weighted by molar-refractivity contribution is 6.22. The molecule has 0 aliphatic heterocycles. The summed E-state index contributed by atoms with van der Waals surface area (Å²) in [5.74, 6) is -6.23. The zero-order valence-corrected chi connectivity index (χ0v) is 16.7. The molecule has 0 amide bonds. The van der Waals surface area contributed by atoms with E-state index >= 15 is 4.39 Å². The Labute approximate surface area is 164 Å². The second-order valence-corrected chi connectivity index (χ2v) is 9.85. The summed E-state index contributed by atoms with van der Waals surface area (Å²) in [4.78, 5) is 25.4. The molecule has 0 aromatic rings. The summed E-state index contributed by atoms with van der Waals surface area (Å²) in [6.07, 6.45) is 8.18. The Hall–Kier alpha value is -1.37. The first-order valence-electron chi connectivity index (χ1n) is 10.3. The standard InChI is InChI=1S/C22H29FO5/c1-19-10-5-4-6-12(19)7-8-13-14(19)9-11-20(2)15(13)16(23)17(24)22(20,28)18(25)21(3,26)27/h8,12,14,26-28H,4-7,9-11H2,1-3H3/t12?,14-,19-,20-,22-/m0/s1. The maximum Gasteiger partial charge on any atom is 0.231 e. The lowest BCUT2D eigenvalue weighted by atomic mass is 9.48. The van der Waals surface area contributed by atoms with Crippen LogP contribution in [-0.4, -0.2) is 38.3 Å². The number of rotatable bonds is 2. The second kappa shape index (κ2) is 5.83. The van der Waals surface area contributed by atoms with Crippen molar-refractivity contribution in [3.63, 3.8) is 0 Å². The van der Waals surface area contributed by atoms with Crippen LogP contribution >= 0.6 is 0 Å². The normalized spacial score (nSPS) is 43.2. The number of Topliss-reactive ketones (excluding diaryl/α,β-unsaturated/α-hetero) is 2. The molecule has 0 aromatic carbocycles. The number of aliphatic hydroxyl groups is 3. The molecular formula is C22H29FO5. The van der Waals surface area contributed by atoms with Crippen LogP contribution in [0.3, 0.4) is 0 Å². The van der Waals surface area contributed by atoms with E-state index in [0.29, 0.717) is 12.3 Å². The molecule has 2 fully saturated rings. The molecule has 1 unspecified atom stereocenters. The molecule has 0 saturated heterocycles. The fourth-order valence-corrected chi connectivity index (χ4v) is 6.63. The van der Waals surface area contributed by atoms with Crippen molar-refractivity contribution in [1.82, 2.24) is 0 Å². The Morgan fingerprint density at radius 2 is 1.89 bits per heavy atom. The summed E-state index contributed by atoms with van der Waals surface area (Å²) in [5.41, 5.74) is -3.44. The molecular weight excluding hydrogens is 363 g/mol. The summed E-state index contributed by atoms with van der Waals surface area (Å²) in [7, 11) is 0. The van der Waals surface area contributed by atoms with Crippen LogP contribution in [0.5, 0.6) is 0 Å². The predicted octanol–water partition coefficient (Wildman–Crippen LogP) is 2.74. The first-order valence-corrected chi connectivity index (χ1v) is 10.3. The Kier molecular flexibility index (Phi) is 4.15. The first-order chi connectivity index (χ1) is 12.9. The van der Waals surface area contributed by atoms with Crippen molar-refractivity contribution in [2.45, 2.75) is 77.1 Å². The van der Waals surface area contributed by atoms with Crippen LogP contribution in [-0.2, 0) is 9.59 Å². The maximum absolute atomic E-state index is 15.3. The number of hydrogen-bond donors (Lipinski definition) is 3. The number of halogens is 1. The van der Waals surface area contributed by atoms with E-state index < -0.39 is 34.2 Å². The van der Waals surface area contributed by atoms with Gasteiger partial charge in [0, 0.05) is 11.0 Å². The minimum Gasteiger partial charge on any atom is -0.373 e. The van der Waals surface area contributed by atoms with Gasteiger partial charge in [-0.2, -0.15) is 0 Å². The van der Waals surface area contributed by atoms with Crippen molar-refractivity contribution in [3.8, 4) is 0 Å². The van der Waals surface area contributed by atoms with Gasteiger partial charge in [0.05, 0.1) is 0 Å². The fourth-order valence-electron chi connectivity index (χ4n) is 6.63. The smallest absolute Gasteiger partial charge is 0.231 e. The number of hydrogen-bond acceptors (Lipinski definition) is 5. The Morgan fingerprint density at radius 3 is 2.54 bits per heavy atom. The van der Waals surface area contributed by atoms with Crippen molar-refractivity contribution >= 4 is 11.6 Å². The molecule has 28 heavy (non-hydrogen) atoms. The zero-order chi connectivity index (χ0) is 20.7. The maximum atomic E-state index is 15.3.